The molecule has 0 saturated carbocycles. The second-order valence-electron chi connectivity index (χ2n) is 7.89. The van der Waals surface area contributed by atoms with Crippen molar-refractivity contribution in [2.75, 3.05) is 16.0 Å². The van der Waals surface area contributed by atoms with Crippen LogP contribution in [0.5, 0.6) is 0 Å². The zero-order valence-corrected chi connectivity index (χ0v) is 18.9. The number of hydrogen-bond acceptors (Lipinski definition) is 6. The number of amides is 1. The second kappa shape index (κ2) is 9.91. The zero-order valence-electron chi connectivity index (χ0n) is 18.9. The van der Waals surface area contributed by atoms with E-state index in [1.54, 1.807) is 73.2 Å². The highest BCUT2D eigenvalue weighted by Crippen LogP contribution is 2.29. The van der Waals surface area contributed by atoms with Gasteiger partial charge in [0.15, 0.2) is 5.82 Å². The summed E-state index contributed by atoms with van der Waals surface area (Å²) in [5.41, 5.74) is 3.85. The van der Waals surface area contributed by atoms with Crippen LogP contribution in [0.1, 0.15) is 15.9 Å². The Bertz CT molecular complexity index is 1610. The van der Waals surface area contributed by atoms with Gasteiger partial charge in [0.1, 0.15) is 0 Å². The predicted octanol–water partition coefficient (Wildman–Crippen LogP) is 6.38. The Labute approximate surface area is 206 Å². The van der Waals surface area contributed by atoms with E-state index in [0.29, 0.717) is 27.8 Å². The van der Waals surface area contributed by atoms with Crippen LogP contribution in [0, 0.1) is 17.1 Å². The Balaban J connectivity index is 1.38. The average Bonchev–Trinajstić information content (AvgIpc) is 2.90. The number of anilines is 5. The molecule has 1 amide bonds. The highest BCUT2D eigenvalue weighted by molar-refractivity contribution is 6.05. The molecule has 0 atom stereocenters. The van der Waals surface area contributed by atoms with E-state index in [-0.39, 0.29) is 11.3 Å². The molecule has 7 nitrogen and oxygen atoms in total. The van der Waals surface area contributed by atoms with E-state index < -0.39 is 11.7 Å². The number of rotatable bonds is 6. The molecule has 0 bridgehead atoms. The van der Waals surface area contributed by atoms with Crippen LogP contribution in [0.4, 0.5) is 32.8 Å². The number of nitrogens with one attached hydrogen (secondary N) is 3. The van der Waals surface area contributed by atoms with Crippen molar-refractivity contribution in [3.8, 4) is 6.07 Å². The molecule has 8 heteroatoms. The lowest BCUT2D eigenvalue weighted by Crippen LogP contribution is -2.14. The first-order valence-electron chi connectivity index (χ1n) is 11.0. The van der Waals surface area contributed by atoms with Crippen molar-refractivity contribution >= 4 is 45.2 Å². The number of carbonyl (C=O) groups is 1. The third kappa shape index (κ3) is 4.81. The molecule has 0 spiro atoms. The van der Waals surface area contributed by atoms with Crippen molar-refractivity contribution in [2.24, 2.45) is 0 Å². The molecule has 5 aromatic rings. The number of hydrogen-bond donors (Lipinski definition) is 3. The largest absolute Gasteiger partial charge is 0.355 e. The maximum Gasteiger partial charge on any atom is 0.258 e. The third-order valence-electron chi connectivity index (χ3n) is 5.47. The van der Waals surface area contributed by atoms with Gasteiger partial charge in [0.2, 0.25) is 0 Å². The van der Waals surface area contributed by atoms with Crippen LogP contribution in [0.15, 0.2) is 97.5 Å². The van der Waals surface area contributed by atoms with Crippen molar-refractivity contribution in [1.82, 2.24) is 9.97 Å². The monoisotopic (exact) mass is 474 g/mol. The Kier molecular flexibility index (Phi) is 6.19. The van der Waals surface area contributed by atoms with E-state index in [4.69, 9.17) is 0 Å². The quantitative estimate of drug-likeness (QED) is 0.264. The number of carbonyl (C=O) groups excluding carboxylic acids is 1. The fourth-order valence-corrected chi connectivity index (χ4v) is 3.75. The van der Waals surface area contributed by atoms with E-state index in [2.05, 4.69) is 32.0 Å². The number of halogens is 1. The summed E-state index contributed by atoms with van der Waals surface area (Å²) < 4.78 is 15.4. The molecule has 174 valence electrons. The van der Waals surface area contributed by atoms with Crippen LogP contribution in [-0.4, -0.2) is 15.9 Å². The fourth-order valence-electron chi connectivity index (χ4n) is 3.75. The van der Waals surface area contributed by atoms with Crippen molar-refractivity contribution in [2.45, 2.75) is 0 Å². The molecule has 2 aromatic heterocycles. The molecular formula is C28H19FN6O. The van der Waals surface area contributed by atoms with Crippen LogP contribution in [0.3, 0.4) is 0 Å². The summed E-state index contributed by atoms with van der Waals surface area (Å²) in [7, 11) is 0. The first kappa shape index (κ1) is 22.5. The number of fused-ring (bicyclic) bond motifs is 1. The maximum absolute atomic E-state index is 15.4. The van der Waals surface area contributed by atoms with Crippen LogP contribution in [0.2, 0.25) is 0 Å². The minimum Gasteiger partial charge on any atom is -0.355 e. The zero-order chi connectivity index (χ0) is 24.9. The van der Waals surface area contributed by atoms with Gasteiger partial charge in [-0.1, -0.05) is 12.1 Å². The van der Waals surface area contributed by atoms with E-state index in [1.165, 1.54) is 6.07 Å². The van der Waals surface area contributed by atoms with Gasteiger partial charge >= 0.3 is 0 Å². The second-order valence-corrected chi connectivity index (χ2v) is 7.89. The molecule has 0 fully saturated rings. The molecule has 0 radical (unpaired) electrons. The summed E-state index contributed by atoms with van der Waals surface area (Å²) in [6.07, 6.45) is 4.95. The molecule has 0 aliphatic heterocycles. The van der Waals surface area contributed by atoms with Crippen LogP contribution < -0.4 is 16.0 Å². The minimum atomic E-state index is -0.692. The van der Waals surface area contributed by atoms with E-state index in [0.717, 1.165) is 11.4 Å². The van der Waals surface area contributed by atoms with Gasteiger partial charge in [-0.15, -0.1) is 0 Å². The third-order valence-corrected chi connectivity index (χ3v) is 5.47. The van der Waals surface area contributed by atoms with Gasteiger partial charge in [-0.05, 0) is 66.7 Å². The lowest BCUT2D eigenvalue weighted by molar-refractivity contribution is 0.102. The highest BCUT2D eigenvalue weighted by Gasteiger charge is 2.16. The maximum atomic E-state index is 15.4. The fraction of sp³-hybridized carbons (Fsp3) is 0. The predicted molar refractivity (Wildman–Crippen MR) is 138 cm³/mol. The van der Waals surface area contributed by atoms with Gasteiger partial charge in [-0.25, -0.2) is 4.39 Å². The summed E-state index contributed by atoms with van der Waals surface area (Å²) in [6, 6.07) is 24.2. The summed E-state index contributed by atoms with van der Waals surface area (Å²) in [5, 5.41) is 18.9. The van der Waals surface area contributed by atoms with Gasteiger partial charge < -0.3 is 16.0 Å². The first-order chi connectivity index (χ1) is 17.6. The number of pyridine rings is 2. The molecule has 0 aliphatic rings. The molecule has 36 heavy (non-hydrogen) atoms. The topological polar surface area (TPSA) is 103 Å². The van der Waals surface area contributed by atoms with Gasteiger partial charge in [-0.3, -0.25) is 14.8 Å². The Morgan fingerprint density at radius 1 is 0.806 bits per heavy atom. The SMILES string of the molecule is N#Cc1ccc2nccc(Nc3cccc(C(=O)Nc4cccc(Nc5ccncc5)c4)c3F)c2c1. The summed E-state index contributed by atoms with van der Waals surface area (Å²) in [5.74, 6) is -1.27. The number of nitriles is 1. The first-order valence-corrected chi connectivity index (χ1v) is 11.0. The highest BCUT2D eigenvalue weighted by atomic mass is 19.1. The molecule has 0 saturated heterocycles. The summed E-state index contributed by atoms with van der Waals surface area (Å²) >= 11 is 0. The number of nitrogens with zero attached hydrogens (tertiary/aromatic N) is 3. The molecular weight excluding hydrogens is 455 g/mol. The Hall–Kier alpha value is -5.29. The minimum absolute atomic E-state index is 0.108. The normalized spacial score (nSPS) is 10.4. The molecule has 0 aliphatic carbocycles. The number of aromatic nitrogens is 2. The number of benzene rings is 3. The van der Waals surface area contributed by atoms with Crippen molar-refractivity contribution in [1.29, 1.82) is 5.26 Å². The smallest absolute Gasteiger partial charge is 0.258 e. The van der Waals surface area contributed by atoms with Gasteiger partial charge in [0.25, 0.3) is 5.91 Å². The lowest BCUT2D eigenvalue weighted by atomic mass is 10.1. The van der Waals surface area contributed by atoms with Crippen molar-refractivity contribution in [3.63, 3.8) is 0 Å². The van der Waals surface area contributed by atoms with Crippen LogP contribution >= 0.6 is 0 Å². The van der Waals surface area contributed by atoms with Crippen molar-refractivity contribution < 1.29 is 9.18 Å². The van der Waals surface area contributed by atoms with Crippen LogP contribution in [-0.2, 0) is 0 Å². The van der Waals surface area contributed by atoms with E-state index in [1.807, 2.05) is 18.2 Å². The van der Waals surface area contributed by atoms with Gasteiger partial charge in [-0.2, -0.15) is 5.26 Å². The Morgan fingerprint density at radius 3 is 2.44 bits per heavy atom. The molecule has 2 heterocycles. The summed E-state index contributed by atoms with van der Waals surface area (Å²) in [6.45, 7) is 0. The van der Waals surface area contributed by atoms with Gasteiger partial charge in [0, 0.05) is 46.7 Å². The Morgan fingerprint density at radius 2 is 1.61 bits per heavy atom. The van der Waals surface area contributed by atoms with Crippen LogP contribution in [0.25, 0.3) is 10.9 Å². The van der Waals surface area contributed by atoms with E-state index >= 15 is 4.39 Å². The van der Waals surface area contributed by atoms with E-state index in [9.17, 15) is 10.1 Å². The molecule has 3 N–H and O–H groups in total. The standard InChI is InChI=1S/C28H19FN6O/c29-27-22(28(36)34-21-4-1-3-20(16-21)33-19-9-12-31-13-10-19)5-2-6-26(27)35-25-11-14-32-24-8-7-18(17-30)15-23(24)25/h1-16H,(H,31,33)(H,32,35)(H,34,36). The lowest BCUT2D eigenvalue weighted by Gasteiger charge is -2.13. The van der Waals surface area contributed by atoms with Gasteiger partial charge in [0.05, 0.1) is 28.4 Å². The summed E-state index contributed by atoms with van der Waals surface area (Å²) in [4.78, 5) is 21.2. The molecule has 3 aromatic carbocycles. The van der Waals surface area contributed by atoms with Crippen molar-refractivity contribution in [3.05, 3.63) is 114 Å². The average molecular weight is 474 g/mol. The molecule has 5 rings (SSSR count). The molecule has 0 unspecified atom stereocenters.